The van der Waals surface area contributed by atoms with E-state index in [-0.39, 0.29) is 30.1 Å². The molecule has 116 valence electrons. The smallest absolute Gasteiger partial charge is 0.471 e. The molecule has 1 rings (SSSR count). The van der Waals surface area contributed by atoms with E-state index in [1.807, 2.05) is 0 Å². The van der Waals surface area contributed by atoms with Crippen molar-refractivity contribution in [2.45, 2.75) is 12.6 Å². The van der Waals surface area contributed by atoms with Crippen LogP contribution in [0.15, 0.2) is 18.2 Å². The Balaban J connectivity index is 2.94. The molecule has 0 atom stereocenters. The molecule has 0 fully saturated rings. The van der Waals surface area contributed by atoms with Crippen molar-refractivity contribution in [2.75, 3.05) is 24.3 Å². The van der Waals surface area contributed by atoms with E-state index in [0.29, 0.717) is 0 Å². The Morgan fingerprint density at radius 1 is 1.29 bits per heavy atom. The number of benzene rings is 1. The zero-order valence-electron chi connectivity index (χ0n) is 11.1. The van der Waals surface area contributed by atoms with Gasteiger partial charge < -0.3 is 21.1 Å². The van der Waals surface area contributed by atoms with Gasteiger partial charge in [-0.3, -0.25) is 9.59 Å². The molecule has 0 radical (unpaired) electrons. The van der Waals surface area contributed by atoms with Crippen LogP contribution in [0.3, 0.4) is 0 Å². The van der Waals surface area contributed by atoms with E-state index in [4.69, 9.17) is 10.5 Å². The van der Waals surface area contributed by atoms with Crippen LogP contribution in [0.1, 0.15) is 6.42 Å². The van der Waals surface area contributed by atoms with Gasteiger partial charge in [-0.05, 0) is 18.2 Å². The molecule has 4 N–H and O–H groups in total. The number of methoxy groups -OCH3 is 1. The summed E-state index contributed by atoms with van der Waals surface area (Å²) >= 11 is 0. The van der Waals surface area contributed by atoms with Crippen LogP contribution in [0.4, 0.5) is 24.5 Å². The summed E-state index contributed by atoms with van der Waals surface area (Å²) in [5.74, 6) is -2.28. The second-order valence-corrected chi connectivity index (χ2v) is 3.95. The summed E-state index contributed by atoms with van der Waals surface area (Å²) in [5, 5.41) is 4.12. The molecule has 0 aliphatic heterocycles. The fourth-order valence-electron chi connectivity index (χ4n) is 1.43. The van der Waals surface area contributed by atoms with E-state index in [0.717, 1.165) is 6.07 Å². The van der Waals surface area contributed by atoms with Crippen molar-refractivity contribution in [2.24, 2.45) is 5.73 Å². The Kier molecular flexibility index (Phi) is 5.53. The molecule has 9 heteroatoms. The van der Waals surface area contributed by atoms with E-state index >= 15 is 0 Å². The van der Waals surface area contributed by atoms with Crippen molar-refractivity contribution in [3.8, 4) is 5.75 Å². The summed E-state index contributed by atoms with van der Waals surface area (Å²) in [6.07, 6.45) is -4.95. The normalized spacial score (nSPS) is 10.9. The van der Waals surface area contributed by atoms with E-state index in [2.05, 4.69) is 5.32 Å². The highest BCUT2D eigenvalue weighted by Crippen LogP contribution is 2.29. The average Bonchev–Trinajstić information content (AvgIpc) is 2.38. The summed E-state index contributed by atoms with van der Waals surface area (Å²) in [5.41, 5.74) is 5.23. The third kappa shape index (κ3) is 4.95. The molecular weight excluding hydrogens is 291 g/mol. The van der Waals surface area contributed by atoms with Gasteiger partial charge in [-0.1, -0.05) is 0 Å². The van der Waals surface area contributed by atoms with E-state index in [9.17, 15) is 22.8 Å². The summed E-state index contributed by atoms with van der Waals surface area (Å²) in [6.45, 7) is 0.124. The minimum Gasteiger partial charge on any atom is -0.495 e. The van der Waals surface area contributed by atoms with Crippen molar-refractivity contribution in [3.63, 3.8) is 0 Å². The number of amides is 2. The third-order valence-corrected chi connectivity index (χ3v) is 2.36. The molecule has 2 amide bonds. The predicted molar refractivity (Wildman–Crippen MR) is 70.0 cm³/mol. The van der Waals surface area contributed by atoms with Gasteiger partial charge in [0.15, 0.2) is 0 Å². The molecule has 0 aliphatic carbocycles. The first-order valence-electron chi connectivity index (χ1n) is 5.84. The molecule has 0 saturated carbocycles. The number of halogens is 3. The van der Waals surface area contributed by atoms with Gasteiger partial charge in [0.25, 0.3) is 0 Å². The Bertz CT molecular complexity index is 532. The lowest BCUT2D eigenvalue weighted by molar-refractivity contribution is -0.167. The van der Waals surface area contributed by atoms with Gasteiger partial charge in [0, 0.05) is 18.7 Å². The number of nitrogens with two attached hydrogens (primary N) is 1. The second-order valence-electron chi connectivity index (χ2n) is 3.95. The number of alkyl halides is 3. The zero-order valence-corrected chi connectivity index (χ0v) is 11.1. The minimum absolute atomic E-state index is 0.0439. The van der Waals surface area contributed by atoms with Crippen LogP contribution in [-0.2, 0) is 9.59 Å². The minimum atomic E-state index is -5.00. The topological polar surface area (TPSA) is 93.5 Å². The molecule has 21 heavy (non-hydrogen) atoms. The Hall–Kier alpha value is -2.29. The number of carbonyl (C=O) groups excluding carboxylic acids is 2. The Labute approximate surface area is 118 Å². The van der Waals surface area contributed by atoms with Gasteiger partial charge in [0.2, 0.25) is 5.91 Å². The summed E-state index contributed by atoms with van der Waals surface area (Å²) in [6, 6.07) is 3.71. The standard InChI is InChI=1S/C12H14F3N3O3/c1-21-9-3-2-7(17-11(20)12(13,14)15)6-8(9)18-10(19)4-5-16/h2-3,6H,4-5,16H2,1H3,(H,17,20)(H,18,19). The molecule has 1 aromatic carbocycles. The van der Waals surface area contributed by atoms with Crippen LogP contribution < -0.4 is 21.1 Å². The largest absolute Gasteiger partial charge is 0.495 e. The number of anilines is 2. The van der Waals surface area contributed by atoms with E-state index in [1.54, 1.807) is 5.32 Å². The number of rotatable bonds is 5. The molecule has 0 heterocycles. The van der Waals surface area contributed by atoms with Gasteiger partial charge in [-0.2, -0.15) is 13.2 Å². The first kappa shape index (κ1) is 16.8. The second kappa shape index (κ2) is 6.93. The highest BCUT2D eigenvalue weighted by molar-refractivity contribution is 5.97. The molecule has 0 unspecified atom stereocenters. The van der Waals surface area contributed by atoms with Crippen LogP contribution in [0.2, 0.25) is 0 Å². The first-order chi connectivity index (χ1) is 9.77. The van der Waals surface area contributed by atoms with Crippen molar-refractivity contribution in [3.05, 3.63) is 18.2 Å². The van der Waals surface area contributed by atoms with Crippen LogP contribution in [0.5, 0.6) is 5.75 Å². The molecule has 0 aliphatic rings. The van der Waals surface area contributed by atoms with Crippen LogP contribution in [-0.4, -0.2) is 31.6 Å². The first-order valence-corrected chi connectivity index (χ1v) is 5.84. The van der Waals surface area contributed by atoms with Gasteiger partial charge >= 0.3 is 12.1 Å². The van der Waals surface area contributed by atoms with Gasteiger partial charge in [0.1, 0.15) is 5.75 Å². The lowest BCUT2D eigenvalue weighted by Gasteiger charge is -2.13. The lowest BCUT2D eigenvalue weighted by atomic mass is 10.2. The maximum Gasteiger partial charge on any atom is 0.471 e. The lowest BCUT2D eigenvalue weighted by Crippen LogP contribution is -2.30. The molecule has 0 aromatic heterocycles. The van der Waals surface area contributed by atoms with E-state index in [1.165, 1.54) is 19.2 Å². The number of nitrogens with one attached hydrogen (secondary N) is 2. The zero-order chi connectivity index (χ0) is 16.0. The average molecular weight is 305 g/mol. The third-order valence-electron chi connectivity index (χ3n) is 2.36. The van der Waals surface area contributed by atoms with Crippen LogP contribution in [0.25, 0.3) is 0 Å². The van der Waals surface area contributed by atoms with Gasteiger partial charge in [-0.25, -0.2) is 0 Å². The summed E-state index contributed by atoms with van der Waals surface area (Å²) < 4.78 is 41.5. The quantitative estimate of drug-likeness (QED) is 0.768. The number of hydrogen-bond donors (Lipinski definition) is 3. The van der Waals surface area contributed by atoms with Crippen LogP contribution in [0, 0.1) is 0 Å². The Morgan fingerprint density at radius 3 is 2.48 bits per heavy atom. The van der Waals surface area contributed by atoms with Crippen molar-refractivity contribution >= 4 is 23.2 Å². The maximum atomic E-state index is 12.2. The fraction of sp³-hybridized carbons (Fsp3) is 0.333. The van der Waals surface area contributed by atoms with E-state index < -0.39 is 18.0 Å². The van der Waals surface area contributed by atoms with Crippen molar-refractivity contribution in [1.29, 1.82) is 0 Å². The van der Waals surface area contributed by atoms with Crippen LogP contribution >= 0.6 is 0 Å². The molecule has 1 aromatic rings. The SMILES string of the molecule is COc1ccc(NC(=O)C(F)(F)F)cc1NC(=O)CCN. The molecule has 6 nitrogen and oxygen atoms in total. The highest BCUT2D eigenvalue weighted by atomic mass is 19.4. The highest BCUT2D eigenvalue weighted by Gasteiger charge is 2.38. The predicted octanol–water partition coefficient (Wildman–Crippen LogP) is 1.48. The number of ether oxygens (including phenoxy) is 1. The number of carbonyl (C=O) groups is 2. The fourth-order valence-corrected chi connectivity index (χ4v) is 1.43. The summed E-state index contributed by atoms with van der Waals surface area (Å²) in [4.78, 5) is 22.3. The molecule has 0 saturated heterocycles. The molecular formula is C12H14F3N3O3. The van der Waals surface area contributed by atoms with Crippen molar-refractivity contribution in [1.82, 2.24) is 0 Å². The maximum absolute atomic E-state index is 12.2. The number of hydrogen-bond acceptors (Lipinski definition) is 4. The Morgan fingerprint density at radius 2 is 1.95 bits per heavy atom. The summed E-state index contributed by atoms with van der Waals surface area (Å²) in [7, 11) is 1.34. The van der Waals surface area contributed by atoms with Gasteiger partial charge in [-0.15, -0.1) is 0 Å². The monoisotopic (exact) mass is 305 g/mol. The van der Waals surface area contributed by atoms with Gasteiger partial charge in [0.05, 0.1) is 12.8 Å². The van der Waals surface area contributed by atoms with Crippen molar-refractivity contribution < 1.29 is 27.5 Å². The molecule has 0 bridgehead atoms. The molecule has 0 spiro atoms.